The number of carbonyl (C=O) groups excluding carboxylic acids is 1. The molecule has 2 atom stereocenters. The average molecular weight is 567 g/mol. The van der Waals surface area contributed by atoms with Crippen LogP contribution in [0.3, 0.4) is 0 Å². The average Bonchev–Trinajstić information content (AvgIpc) is 2.75. The predicted octanol–water partition coefficient (Wildman–Crippen LogP) is 7.03. The number of nitrogens with one attached hydrogen (secondary N) is 1. The van der Waals surface area contributed by atoms with Gasteiger partial charge in [-0.05, 0) is 24.8 Å². The molecule has 0 aromatic heterocycles. The Balaban J connectivity index is 3.75. The summed E-state index contributed by atoms with van der Waals surface area (Å²) in [5.41, 5.74) is -1.01. The van der Waals surface area contributed by atoms with E-state index in [1.54, 1.807) is 5.32 Å². The number of rotatable bonds is 12. The first-order chi connectivity index (χ1) is 16.5. The Labute approximate surface area is 202 Å². The van der Waals surface area contributed by atoms with Crippen molar-refractivity contribution in [3.8, 4) is 0 Å². The molecule has 0 aliphatic rings. The first-order valence-electron chi connectivity index (χ1n) is 10.4. The van der Waals surface area contributed by atoms with Crippen LogP contribution >= 0.6 is 0 Å². The molecule has 1 N–H and O–H groups in total. The number of esters is 1. The van der Waals surface area contributed by atoms with Crippen molar-refractivity contribution in [1.82, 2.24) is 5.32 Å². The lowest BCUT2D eigenvalue weighted by molar-refractivity contribution is -0.441. The van der Waals surface area contributed by atoms with Crippen LogP contribution in [0.15, 0.2) is 30.3 Å². The largest absolute Gasteiger partial charge is 0.465 e. The molecule has 0 saturated heterocycles. The number of ether oxygens (including phenoxy) is 1. The summed E-state index contributed by atoms with van der Waals surface area (Å²) >= 11 is 0. The van der Waals surface area contributed by atoms with Crippen molar-refractivity contribution in [3.63, 3.8) is 0 Å². The van der Waals surface area contributed by atoms with Crippen LogP contribution in [0.25, 0.3) is 0 Å². The highest BCUT2D eigenvalue weighted by Gasteiger charge is 2.91. The molecule has 0 spiro atoms. The van der Waals surface area contributed by atoms with E-state index in [0.717, 1.165) is 18.2 Å². The minimum absolute atomic E-state index is 0.353. The first kappa shape index (κ1) is 32.8. The van der Waals surface area contributed by atoms with Gasteiger partial charge >= 0.3 is 41.8 Å². The molecule has 0 unspecified atom stereocenters. The van der Waals surface area contributed by atoms with E-state index in [9.17, 15) is 53.1 Å². The van der Waals surface area contributed by atoms with Gasteiger partial charge in [0, 0.05) is 0 Å². The molecule has 0 aliphatic carbocycles. The van der Waals surface area contributed by atoms with E-state index in [1.807, 2.05) is 0 Å². The molecule has 0 fully saturated rings. The van der Waals surface area contributed by atoms with Crippen molar-refractivity contribution in [3.05, 3.63) is 35.9 Å². The number of hydrogen-bond acceptors (Lipinski definition) is 3. The molecule has 1 aromatic carbocycles. The number of benzene rings is 1. The van der Waals surface area contributed by atoms with E-state index >= 15 is 8.78 Å². The second kappa shape index (κ2) is 10.8. The second-order valence-corrected chi connectivity index (χ2v) is 8.36. The third kappa shape index (κ3) is 5.93. The maximum absolute atomic E-state index is 15.1. The molecule has 0 saturated carbocycles. The first-order valence-corrected chi connectivity index (χ1v) is 10.4. The van der Waals surface area contributed by atoms with E-state index < -0.39 is 71.7 Å². The highest BCUT2D eigenvalue weighted by molar-refractivity contribution is 5.75. The van der Waals surface area contributed by atoms with Crippen molar-refractivity contribution < 1.29 is 66.6 Å². The molecule has 0 amide bonds. The molecule has 1 aromatic rings. The van der Waals surface area contributed by atoms with E-state index in [-0.39, 0.29) is 6.61 Å². The topological polar surface area (TPSA) is 38.3 Å². The fourth-order valence-corrected chi connectivity index (χ4v) is 3.17. The molecule has 214 valence electrons. The molecular weight excluding hydrogens is 545 g/mol. The van der Waals surface area contributed by atoms with Gasteiger partial charge in [-0.15, -0.1) is 0 Å². The molecule has 0 bridgehead atoms. The number of hydrogen-bond donors (Lipinski definition) is 1. The fourth-order valence-electron chi connectivity index (χ4n) is 3.17. The van der Waals surface area contributed by atoms with Gasteiger partial charge in [0.25, 0.3) is 0 Å². The van der Waals surface area contributed by atoms with E-state index in [0.29, 0.717) is 12.1 Å². The molecule has 16 heteroatoms. The second-order valence-electron chi connectivity index (χ2n) is 8.36. The fraction of sp³-hybridized carbons (Fsp3) is 0.667. The van der Waals surface area contributed by atoms with E-state index in [2.05, 4.69) is 4.74 Å². The summed E-state index contributed by atoms with van der Waals surface area (Å²) < 4.78 is 183. The van der Waals surface area contributed by atoms with Gasteiger partial charge in [0.15, 0.2) is 0 Å². The molecular formula is C21H22F13NO2. The summed E-state index contributed by atoms with van der Waals surface area (Å²) in [5.74, 6) is -39.7. The lowest BCUT2D eigenvalue weighted by Crippen LogP contribution is -2.71. The normalized spacial score (nSPS) is 16.0. The maximum atomic E-state index is 15.1. The summed E-state index contributed by atoms with van der Waals surface area (Å²) in [6.07, 6.45) is -7.95. The molecule has 0 heterocycles. The lowest BCUT2D eigenvalue weighted by atomic mass is 9.87. The van der Waals surface area contributed by atoms with Gasteiger partial charge in [-0.3, -0.25) is 10.1 Å². The van der Waals surface area contributed by atoms with Gasteiger partial charge in [-0.25, -0.2) is 0 Å². The predicted molar refractivity (Wildman–Crippen MR) is 103 cm³/mol. The number of halogens is 13. The van der Waals surface area contributed by atoms with Crippen LogP contribution in [0.1, 0.15) is 38.8 Å². The van der Waals surface area contributed by atoms with Crippen molar-refractivity contribution in [2.75, 3.05) is 6.61 Å². The zero-order valence-electron chi connectivity index (χ0n) is 19.3. The Bertz CT molecular complexity index is 901. The molecule has 0 radical (unpaired) electrons. The zero-order valence-corrected chi connectivity index (χ0v) is 19.3. The molecule has 3 nitrogen and oxygen atoms in total. The minimum Gasteiger partial charge on any atom is -0.465 e. The Morgan fingerprint density at radius 2 is 1.24 bits per heavy atom. The van der Waals surface area contributed by atoms with Crippen molar-refractivity contribution in [2.24, 2.45) is 5.92 Å². The van der Waals surface area contributed by atoms with E-state index in [1.165, 1.54) is 20.8 Å². The number of carbonyl (C=O) groups is 1. The smallest absolute Gasteiger partial charge is 0.460 e. The van der Waals surface area contributed by atoms with Gasteiger partial charge in [-0.2, -0.15) is 57.1 Å². The van der Waals surface area contributed by atoms with Crippen LogP contribution in [0.2, 0.25) is 0 Å². The van der Waals surface area contributed by atoms with Crippen molar-refractivity contribution in [2.45, 2.75) is 75.1 Å². The van der Waals surface area contributed by atoms with Gasteiger partial charge in [0.1, 0.15) is 12.1 Å². The summed E-state index contributed by atoms with van der Waals surface area (Å²) in [5, 5.41) is 1.63. The van der Waals surface area contributed by atoms with Crippen LogP contribution in [0.5, 0.6) is 0 Å². The summed E-state index contributed by atoms with van der Waals surface area (Å²) in [4.78, 5) is 12.2. The van der Waals surface area contributed by atoms with Gasteiger partial charge in [0.05, 0.1) is 6.61 Å². The van der Waals surface area contributed by atoms with Gasteiger partial charge in [0.2, 0.25) is 0 Å². The van der Waals surface area contributed by atoms with Crippen LogP contribution in [0, 0.1) is 5.92 Å². The SMILES string of the molecule is CCOC(=O)[C@H](CC(C)C)N[C@@H](c1ccccc1)C(F)(F)C(F)(F)C(F)(F)C(F)(F)C(F)(F)C(F)(F)F. The summed E-state index contributed by atoms with van der Waals surface area (Å²) in [7, 11) is 0. The quantitative estimate of drug-likeness (QED) is 0.218. The molecule has 37 heavy (non-hydrogen) atoms. The Kier molecular flexibility index (Phi) is 9.61. The van der Waals surface area contributed by atoms with Gasteiger partial charge < -0.3 is 4.74 Å². The van der Waals surface area contributed by atoms with Crippen LogP contribution in [-0.4, -0.2) is 54.4 Å². The number of alkyl halides is 13. The standard InChI is InChI=1S/C21H22F13NO2/c1-4-37-15(36)13(10-11(2)3)35-14(12-8-6-5-7-9-12)16(22,23)17(24,25)18(26,27)19(28,29)20(30,31)21(32,33)34/h5-9,11,13-14,35H,4,10H2,1-3H3/t13-,14-/m0/s1. The van der Waals surface area contributed by atoms with Crippen LogP contribution in [-0.2, 0) is 9.53 Å². The molecule has 0 aliphatic heterocycles. The lowest BCUT2D eigenvalue weighted by Gasteiger charge is -2.42. The van der Waals surface area contributed by atoms with E-state index in [4.69, 9.17) is 0 Å². The van der Waals surface area contributed by atoms with Crippen molar-refractivity contribution >= 4 is 5.97 Å². The Morgan fingerprint density at radius 1 is 0.784 bits per heavy atom. The Morgan fingerprint density at radius 3 is 1.65 bits per heavy atom. The summed E-state index contributed by atoms with van der Waals surface area (Å²) in [6.45, 7) is 3.76. The monoisotopic (exact) mass is 567 g/mol. The van der Waals surface area contributed by atoms with Crippen LogP contribution < -0.4 is 5.32 Å². The third-order valence-corrected chi connectivity index (χ3v) is 5.10. The Hall–Kier alpha value is -2.26. The van der Waals surface area contributed by atoms with Crippen molar-refractivity contribution in [1.29, 1.82) is 0 Å². The highest BCUT2D eigenvalue weighted by Crippen LogP contribution is 2.61. The van der Waals surface area contributed by atoms with Gasteiger partial charge in [-0.1, -0.05) is 44.2 Å². The highest BCUT2D eigenvalue weighted by atomic mass is 19.4. The third-order valence-electron chi connectivity index (χ3n) is 5.10. The summed E-state index contributed by atoms with van der Waals surface area (Å²) in [6, 6.07) is -1.16. The molecule has 1 rings (SSSR count). The zero-order chi connectivity index (χ0) is 29.3. The van der Waals surface area contributed by atoms with Crippen LogP contribution in [0.4, 0.5) is 57.1 Å². The maximum Gasteiger partial charge on any atom is 0.460 e. The minimum atomic E-state index is -8.02.